The van der Waals surface area contributed by atoms with E-state index in [4.69, 9.17) is 0 Å². The van der Waals surface area contributed by atoms with Crippen LogP contribution >= 0.6 is 8.58 Å². The molecule has 0 fully saturated rings. The Balaban J connectivity index is 2.04. The van der Waals surface area contributed by atoms with Gasteiger partial charge in [0.15, 0.2) is 11.0 Å². The predicted octanol–water partition coefficient (Wildman–Crippen LogP) is 5.71. The number of benzene rings is 5. The molecule has 2 nitrogen and oxygen atoms in total. The number of fused-ring (bicyclic) bond motifs is 2. The van der Waals surface area contributed by atoms with Gasteiger partial charge >= 0.3 is 0 Å². The molecular formula is C22H11O2P. The monoisotopic (exact) mass is 338 g/mol. The average molecular weight is 338 g/mol. The Labute approximate surface area is 144 Å². The van der Waals surface area contributed by atoms with Crippen LogP contribution in [0, 0.1) is 0 Å². The van der Waals surface area contributed by atoms with E-state index in [0.29, 0.717) is 11.1 Å². The topological polar surface area (TPSA) is 34.1 Å². The van der Waals surface area contributed by atoms with E-state index < -0.39 is 0 Å². The van der Waals surface area contributed by atoms with E-state index in [1.54, 1.807) is 0 Å². The molecule has 1 heterocycles. The number of rotatable bonds is 0. The van der Waals surface area contributed by atoms with Gasteiger partial charge in [0.05, 0.1) is 0 Å². The summed E-state index contributed by atoms with van der Waals surface area (Å²) < 4.78 is 0. The van der Waals surface area contributed by atoms with Crippen LogP contribution in [-0.4, -0.2) is 11.0 Å². The normalized spacial score (nSPS) is 14.4. The highest BCUT2D eigenvalue weighted by Gasteiger charge is 2.27. The van der Waals surface area contributed by atoms with Gasteiger partial charge in [0.2, 0.25) is 0 Å². The van der Waals surface area contributed by atoms with Crippen LogP contribution in [-0.2, 0) is 0 Å². The summed E-state index contributed by atoms with van der Waals surface area (Å²) in [4.78, 5) is 24.9. The van der Waals surface area contributed by atoms with Crippen molar-refractivity contribution in [3.8, 4) is 0 Å². The predicted molar refractivity (Wildman–Crippen MR) is 105 cm³/mol. The molecule has 0 amide bonds. The van der Waals surface area contributed by atoms with Crippen LogP contribution in [0.5, 0.6) is 0 Å². The van der Waals surface area contributed by atoms with E-state index >= 15 is 0 Å². The van der Waals surface area contributed by atoms with Crippen molar-refractivity contribution in [2.75, 3.05) is 0 Å². The maximum absolute atomic E-state index is 12.4. The molecule has 3 heteroatoms. The molecule has 0 radical (unpaired) electrons. The maximum atomic E-state index is 12.4. The molecule has 116 valence electrons. The number of hydrogen-bond acceptors (Lipinski definition) is 2. The van der Waals surface area contributed by atoms with Gasteiger partial charge in [-0.1, -0.05) is 48.5 Å². The third-order valence-electron chi connectivity index (χ3n) is 5.36. The molecule has 0 atom stereocenters. The SMILES string of the molecule is O=C1PC(=O)c2ccc3c4cccc5cccc(c6ccc1c2c63)c54. The fourth-order valence-electron chi connectivity index (χ4n) is 4.35. The molecule has 0 unspecified atom stereocenters. The van der Waals surface area contributed by atoms with Crippen molar-refractivity contribution in [1.82, 2.24) is 0 Å². The van der Waals surface area contributed by atoms with Gasteiger partial charge in [0.25, 0.3) is 0 Å². The van der Waals surface area contributed by atoms with Crippen molar-refractivity contribution in [3.63, 3.8) is 0 Å². The first kappa shape index (κ1) is 13.5. The summed E-state index contributed by atoms with van der Waals surface area (Å²) in [5.74, 6) is 0. The van der Waals surface area contributed by atoms with Crippen LogP contribution in [0.3, 0.4) is 0 Å². The maximum Gasteiger partial charge on any atom is 0.189 e. The minimum atomic E-state index is -0.293. The lowest BCUT2D eigenvalue weighted by molar-refractivity contribution is 0.105. The number of hydrogen-bond donors (Lipinski definition) is 0. The second-order valence-electron chi connectivity index (χ2n) is 6.56. The van der Waals surface area contributed by atoms with E-state index in [-0.39, 0.29) is 19.6 Å². The van der Waals surface area contributed by atoms with Crippen LogP contribution in [0.15, 0.2) is 60.7 Å². The number of carbonyl (C=O) groups is 2. The summed E-state index contributed by atoms with van der Waals surface area (Å²) in [5.41, 5.74) is 1.30. The summed E-state index contributed by atoms with van der Waals surface area (Å²) in [7, 11) is -0.293. The van der Waals surface area contributed by atoms with E-state index in [0.717, 1.165) is 21.5 Å². The molecule has 6 rings (SSSR count). The van der Waals surface area contributed by atoms with Gasteiger partial charge in [0.1, 0.15) is 0 Å². The molecule has 1 aliphatic heterocycles. The lowest BCUT2D eigenvalue weighted by Crippen LogP contribution is -2.08. The van der Waals surface area contributed by atoms with E-state index in [9.17, 15) is 9.59 Å². The summed E-state index contributed by atoms with van der Waals surface area (Å²) >= 11 is 0. The van der Waals surface area contributed by atoms with Crippen molar-refractivity contribution < 1.29 is 9.59 Å². The van der Waals surface area contributed by atoms with Gasteiger partial charge in [-0.15, -0.1) is 0 Å². The average Bonchev–Trinajstić information content (AvgIpc) is 2.64. The Morgan fingerprint density at radius 3 is 1.60 bits per heavy atom. The Bertz CT molecular complexity index is 1300. The van der Waals surface area contributed by atoms with E-state index in [2.05, 4.69) is 36.4 Å². The molecule has 1 aliphatic rings. The zero-order chi connectivity index (χ0) is 16.7. The Hall–Kier alpha value is -2.83. The molecule has 0 bridgehead atoms. The Morgan fingerprint density at radius 1 is 0.520 bits per heavy atom. The van der Waals surface area contributed by atoms with Gasteiger partial charge < -0.3 is 0 Å². The third-order valence-corrected chi connectivity index (χ3v) is 6.35. The second-order valence-corrected chi connectivity index (χ2v) is 7.72. The highest BCUT2D eigenvalue weighted by Crippen LogP contribution is 2.45. The summed E-state index contributed by atoms with van der Waals surface area (Å²) in [6.07, 6.45) is 0. The van der Waals surface area contributed by atoms with Gasteiger partial charge in [-0.05, 0) is 49.8 Å². The van der Waals surface area contributed by atoms with Crippen LogP contribution in [0.4, 0.5) is 0 Å². The van der Waals surface area contributed by atoms with Gasteiger partial charge in [-0.3, -0.25) is 9.59 Å². The molecule has 0 spiro atoms. The van der Waals surface area contributed by atoms with Crippen LogP contribution < -0.4 is 0 Å². The molecule has 0 saturated heterocycles. The van der Waals surface area contributed by atoms with Crippen LogP contribution in [0.1, 0.15) is 20.7 Å². The zero-order valence-electron chi connectivity index (χ0n) is 13.1. The zero-order valence-corrected chi connectivity index (χ0v) is 14.1. The van der Waals surface area contributed by atoms with Crippen molar-refractivity contribution in [2.45, 2.75) is 0 Å². The quantitative estimate of drug-likeness (QED) is 0.206. The molecule has 0 saturated carbocycles. The summed E-state index contributed by atoms with van der Waals surface area (Å²) in [5, 5.41) is 8.94. The summed E-state index contributed by atoms with van der Waals surface area (Å²) in [6.45, 7) is 0. The highest BCUT2D eigenvalue weighted by atomic mass is 31.1. The standard InChI is InChI=1S/C22H11O2P/c23-21-16-9-7-14-12-5-1-3-11-4-2-6-13(18(11)12)15-8-10-17(22(24)25-21)20(16)19(14)15/h1-10,25H. The van der Waals surface area contributed by atoms with E-state index in [1.807, 2.05) is 24.3 Å². The minimum absolute atomic E-state index is 0.0433. The van der Waals surface area contributed by atoms with Crippen molar-refractivity contribution in [2.24, 2.45) is 0 Å². The largest absolute Gasteiger partial charge is 0.289 e. The van der Waals surface area contributed by atoms with Crippen molar-refractivity contribution in [1.29, 1.82) is 0 Å². The minimum Gasteiger partial charge on any atom is -0.289 e. The van der Waals surface area contributed by atoms with Gasteiger partial charge in [0, 0.05) is 25.1 Å². The summed E-state index contributed by atoms with van der Waals surface area (Å²) in [6, 6.07) is 20.6. The molecular weight excluding hydrogens is 327 g/mol. The lowest BCUT2D eigenvalue weighted by atomic mass is 9.87. The van der Waals surface area contributed by atoms with Crippen molar-refractivity contribution in [3.05, 3.63) is 71.8 Å². The van der Waals surface area contributed by atoms with Crippen molar-refractivity contribution >= 4 is 62.7 Å². The molecule has 0 aliphatic carbocycles. The lowest BCUT2D eigenvalue weighted by Gasteiger charge is -2.20. The Kier molecular flexibility index (Phi) is 2.38. The first-order valence-corrected chi connectivity index (χ1v) is 9.22. The second kappa shape index (κ2) is 4.41. The van der Waals surface area contributed by atoms with Gasteiger partial charge in [-0.25, -0.2) is 0 Å². The first-order valence-electron chi connectivity index (χ1n) is 8.22. The fraction of sp³-hybridized carbons (Fsp3) is 0. The molecule has 0 N–H and O–H groups in total. The van der Waals surface area contributed by atoms with Crippen LogP contribution in [0.25, 0.3) is 43.1 Å². The molecule has 5 aromatic carbocycles. The first-order chi connectivity index (χ1) is 12.2. The Morgan fingerprint density at radius 2 is 1.04 bits per heavy atom. The smallest absolute Gasteiger partial charge is 0.189 e. The number of carbonyl (C=O) groups excluding carboxylic acids is 2. The van der Waals surface area contributed by atoms with Gasteiger partial charge in [-0.2, -0.15) is 0 Å². The molecule has 25 heavy (non-hydrogen) atoms. The van der Waals surface area contributed by atoms with E-state index in [1.165, 1.54) is 21.5 Å². The fourth-order valence-corrected chi connectivity index (χ4v) is 5.24. The molecule has 5 aromatic rings. The highest BCUT2D eigenvalue weighted by molar-refractivity contribution is 7.75. The third kappa shape index (κ3) is 1.54. The molecule has 0 aromatic heterocycles. The van der Waals surface area contributed by atoms with Crippen LogP contribution in [0.2, 0.25) is 0 Å².